The predicted molar refractivity (Wildman–Crippen MR) is 120 cm³/mol. The smallest absolute Gasteiger partial charge is 0.253 e. The van der Waals surface area contributed by atoms with Gasteiger partial charge >= 0.3 is 0 Å². The molecule has 30 heavy (non-hydrogen) atoms. The van der Waals surface area contributed by atoms with E-state index in [1.165, 1.54) is 32.1 Å². The molecule has 1 aliphatic carbocycles. The van der Waals surface area contributed by atoms with E-state index in [9.17, 15) is 4.79 Å². The zero-order valence-electron chi connectivity index (χ0n) is 17.4. The van der Waals surface area contributed by atoms with Gasteiger partial charge in [0.15, 0.2) is 0 Å². The van der Waals surface area contributed by atoms with Crippen molar-refractivity contribution in [3.8, 4) is 11.3 Å². The Bertz CT molecular complexity index is 966. The summed E-state index contributed by atoms with van der Waals surface area (Å²) in [6.45, 7) is 0.587. The Balaban J connectivity index is 1.42. The molecular weight excluding hydrogens is 372 g/mol. The number of nitrogens with one attached hydrogen (secondary N) is 1. The largest absolute Gasteiger partial charge is 0.367 e. The van der Waals surface area contributed by atoms with E-state index < -0.39 is 0 Å². The molecule has 154 valence electrons. The highest BCUT2D eigenvalue weighted by Gasteiger charge is 2.15. The molecular formula is C25H28N4O. The molecule has 0 saturated heterocycles. The van der Waals surface area contributed by atoms with Crippen LogP contribution in [0.5, 0.6) is 0 Å². The third kappa shape index (κ3) is 5.03. The molecule has 3 aromatic rings. The van der Waals surface area contributed by atoms with Gasteiger partial charge in [-0.25, -0.2) is 9.97 Å². The first-order valence-corrected chi connectivity index (χ1v) is 10.7. The molecule has 1 fully saturated rings. The van der Waals surface area contributed by atoms with E-state index in [1.807, 2.05) is 67.7 Å². The normalized spacial score (nSPS) is 14.3. The molecule has 1 aromatic heterocycles. The van der Waals surface area contributed by atoms with Crippen molar-refractivity contribution >= 4 is 11.7 Å². The van der Waals surface area contributed by atoms with Crippen molar-refractivity contribution in [2.45, 2.75) is 44.7 Å². The van der Waals surface area contributed by atoms with Crippen LogP contribution in [0, 0.1) is 0 Å². The molecule has 1 N–H and O–H groups in total. The molecule has 2 aromatic carbocycles. The Kier molecular flexibility index (Phi) is 6.38. The molecule has 4 rings (SSSR count). The highest BCUT2D eigenvalue weighted by Crippen LogP contribution is 2.24. The summed E-state index contributed by atoms with van der Waals surface area (Å²) < 4.78 is 0. The summed E-state index contributed by atoms with van der Waals surface area (Å²) in [7, 11) is 1.83. The maximum atomic E-state index is 12.8. The maximum absolute atomic E-state index is 12.8. The molecule has 5 heteroatoms. The van der Waals surface area contributed by atoms with Gasteiger partial charge in [-0.2, -0.15) is 0 Å². The zero-order chi connectivity index (χ0) is 20.8. The fourth-order valence-electron chi connectivity index (χ4n) is 3.98. The van der Waals surface area contributed by atoms with Crippen molar-refractivity contribution in [2.24, 2.45) is 0 Å². The number of aromatic nitrogens is 2. The van der Waals surface area contributed by atoms with Crippen LogP contribution in [0.2, 0.25) is 0 Å². The maximum Gasteiger partial charge on any atom is 0.253 e. The predicted octanol–water partition coefficient (Wildman–Crippen LogP) is 5.16. The topological polar surface area (TPSA) is 58.1 Å². The van der Waals surface area contributed by atoms with Crippen molar-refractivity contribution in [1.82, 2.24) is 14.9 Å². The number of rotatable bonds is 6. The van der Waals surface area contributed by atoms with E-state index >= 15 is 0 Å². The van der Waals surface area contributed by atoms with Crippen LogP contribution in [0.15, 0.2) is 67.0 Å². The van der Waals surface area contributed by atoms with E-state index in [0.29, 0.717) is 18.2 Å². The Morgan fingerprint density at radius 2 is 1.73 bits per heavy atom. The van der Waals surface area contributed by atoms with Gasteiger partial charge in [-0.15, -0.1) is 0 Å². The summed E-state index contributed by atoms with van der Waals surface area (Å²) >= 11 is 0. The van der Waals surface area contributed by atoms with Crippen molar-refractivity contribution in [3.63, 3.8) is 0 Å². The van der Waals surface area contributed by atoms with Gasteiger partial charge in [-0.3, -0.25) is 4.79 Å². The van der Waals surface area contributed by atoms with Crippen LogP contribution < -0.4 is 5.32 Å². The van der Waals surface area contributed by atoms with Crippen LogP contribution in [0.1, 0.15) is 48.0 Å². The molecule has 0 bridgehead atoms. The molecule has 0 atom stereocenters. The Morgan fingerprint density at radius 3 is 2.47 bits per heavy atom. The monoisotopic (exact) mass is 400 g/mol. The van der Waals surface area contributed by atoms with Crippen LogP contribution in [-0.4, -0.2) is 33.9 Å². The second kappa shape index (κ2) is 9.53. The van der Waals surface area contributed by atoms with Crippen molar-refractivity contribution in [1.29, 1.82) is 0 Å². The minimum absolute atomic E-state index is 0.00717. The Hall–Kier alpha value is -3.21. The zero-order valence-corrected chi connectivity index (χ0v) is 17.4. The van der Waals surface area contributed by atoms with Crippen LogP contribution in [0.4, 0.5) is 5.82 Å². The number of hydrogen-bond acceptors (Lipinski definition) is 4. The van der Waals surface area contributed by atoms with Gasteiger partial charge < -0.3 is 10.2 Å². The lowest BCUT2D eigenvalue weighted by Gasteiger charge is -2.23. The number of benzene rings is 2. The van der Waals surface area contributed by atoms with Crippen LogP contribution in [0.3, 0.4) is 0 Å². The summed E-state index contributed by atoms with van der Waals surface area (Å²) in [5, 5.41) is 3.55. The van der Waals surface area contributed by atoms with Gasteiger partial charge in [0.1, 0.15) is 12.1 Å². The van der Waals surface area contributed by atoms with E-state index in [1.54, 1.807) is 11.2 Å². The highest BCUT2D eigenvalue weighted by molar-refractivity contribution is 5.94. The van der Waals surface area contributed by atoms with Gasteiger partial charge in [0, 0.05) is 36.8 Å². The minimum atomic E-state index is 0.00717. The summed E-state index contributed by atoms with van der Waals surface area (Å²) in [5.41, 5.74) is 3.63. The second-order valence-corrected chi connectivity index (χ2v) is 7.99. The molecule has 0 aliphatic heterocycles. The minimum Gasteiger partial charge on any atom is -0.367 e. The molecule has 0 spiro atoms. The van der Waals surface area contributed by atoms with Crippen molar-refractivity contribution in [3.05, 3.63) is 78.1 Å². The van der Waals surface area contributed by atoms with Gasteiger partial charge in [0.2, 0.25) is 0 Å². The number of carbonyl (C=O) groups is 1. The lowest BCUT2D eigenvalue weighted by atomic mass is 9.95. The van der Waals surface area contributed by atoms with Gasteiger partial charge in [0.25, 0.3) is 5.91 Å². The lowest BCUT2D eigenvalue weighted by molar-refractivity contribution is 0.0785. The van der Waals surface area contributed by atoms with E-state index in [-0.39, 0.29) is 5.91 Å². The van der Waals surface area contributed by atoms with Crippen LogP contribution >= 0.6 is 0 Å². The Morgan fingerprint density at radius 1 is 1.00 bits per heavy atom. The standard InChI is InChI=1S/C25H28N4O/c1-29(17-19-8-4-2-5-9-19)25(30)21-14-12-20(13-15-21)23-16-24(27-18-26-23)28-22-10-6-3-7-11-22/h2,4-5,8-9,12-16,18,22H,3,6-7,10-11,17H2,1H3,(H,26,27,28). The molecule has 1 amide bonds. The summed E-state index contributed by atoms with van der Waals surface area (Å²) in [4.78, 5) is 23.3. The van der Waals surface area contributed by atoms with Gasteiger partial charge in [-0.1, -0.05) is 61.7 Å². The molecule has 1 saturated carbocycles. The summed E-state index contributed by atoms with van der Waals surface area (Å²) in [6.07, 6.45) is 7.90. The third-order valence-corrected chi connectivity index (χ3v) is 5.66. The fraction of sp³-hybridized carbons (Fsp3) is 0.320. The molecule has 5 nitrogen and oxygen atoms in total. The van der Waals surface area contributed by atoms with E-state index in [0.717, 1.165) is 22.6 Å². The lowest BCUT2D eigenvalue weighted by Crippen LogP contribution is -2.26. The quantitative estimate of drug-likeness (QED) is 0.621. The first-order valence-electron chi connectivity index (χ1n) is 10.7. The molecule has 1 aliphatic rings. The average Bonchev–Trinajstić information content (AvgIpc) is 2.80. The summed E-state index contributed by atoms with van der Waals surface area (Å²) in [5.74, 6) is 0.877. The van der Waals surface area contributed by atoms with Crippen molar-refractivity contribution < 1.29 is 4.79 Å². The number of anilines is 1. The first kappa shape index (κ1) is 20.1. The molecule has 0 radical (unpaired) electrons. The molecule has 1 heterocycles. The molecule has 0 unspecified atom stereocenters. The van der Waals surface area contributed by atoms with E-state index in [4.69, 9.17) is 0 Å². The number of carbonyl (C=O) groups excluding carboxylic acids is 1. The highest BCUT2D eigenvalue weighted by atomic mass is 16.2. The fourth-order valence-corrected chi connectivity index (χ4v) is 3.98. The van der Waals surface area contributed by atoms with Crippen LogP contribution in [0.25, 0.3) is 11.3 Å². The number of amides is 1. The SMILES string of the molecule is CN(Cc1ccccc1)C(=O)c1ccc(-c2cc(NC3CCCCC3)ncn2)cc1. The first-order chi connectivity index (χ1) is 14.7. The average molecular weight is 401 g/mol. The van der Waals surface area contributed by atoms with Crippen LogP contribution in [-0.2, 0) is 6.54 Å². The number of hydrogen-bond donors (Lipinski definition) is 1. The third-order valence-electron chi connectivity index (χ3n) is 5.66. The van der Waals surface area contributed by atoms with Gasteiger partial charge in [0.05, 0.1) is 5.69 Å². The van der Waals surface area contributed by atoms with E-state index in [2.05, 4.69) is 15.3 Å². The Labute approximate surface area is 178 Å². The number of nitrogens with zero attached hydrogens (tertiary/aromatic N) is 3. The second-order valence-electron chi connectivity index (χ2n) is 7.99. The van der Waals surface area contributed by atoms with Crippen molar-refractivity contribution in [2.75, 3.05) is 12.4 Å². The van der Waals surface area contributed by atoms with Gasteiger partial charge in [-0.05, 0) is 30.5 Å². The summed E-state index contributed by atoms with van der Waals surface area (Å²) in [6, 6.07) is 20.2.